The maximum absolute atomic E-state index is 12.0. The van der Waals surface area contributed by atoms with Gasteiger partial charge >= 0.3 is 5.97 Å². The summed E-state index contributed by atoms with van der Waals surface area (Å²) in [4.78, 5) is 21.1. The van der Waals surface area contributed by atoms with Crippen molar-refractivity contribution in [2.45, 2.75) is 18.2 Å². The molecule has 0 amide bonds. The summed E-state index contributed by atoms with van der Waals surface area (Å²) >= 11 is 0. The zero-order chi connectivity index (χ0) is 23.7. The van der Waals surface area contributed by atoms with E-state index in [0.717, 1.165) is 5.39 Å². The van der Waals surface area contributed by atoms with Crippen LogP contribution in [0.3, 0.4) is 0 Å². The number of anilines is 2. The number of esters is 1. The van der Waals surface area contributed by atoms with Crippen molar-refractivity contribution in [1.82, 2.24) is 14.5 Å². The van der Waals surface area contributed by atoms with Crippen molar-refractivity contribution in [2.75, 3.05) is 46.0 Å². The van der Waals surface area contributed by atoms with Crippen molar-refractivity contribution in [1.29, 1.82) is 5.26 Å². The molecule has 2 saturated heterocycles. The summed E-state index contributed by atoms with van der Waals surface area (Å²) in [5, 5.41) is 13.6. The minimum atomic E-state index is -0.465. The molecular formula is C23H23N5O6. The normalized spacial score (nSPS) is 20.0. The van der Waals surface area contributed by atoms with Crippen molar-refractivity contribution in [3.05, 3.63) is 41.7 Å². The van der Waals surface area contributed by atoms with Crippen LogP contribution in [-0.2, 0) is 18.9 Å². The highest BCUT2D eigenvalue weighted by molar-refractivity contribution is 5.91. The minimum Gasteiger partial charge on any atom is -0.483 e. The number of aromatic nitrogens is 3. The number of hydrogen-bond donors (Lipinski definition) is 1. The van der Waals surface area contributed by atoms with E-state index in [2.05, 4.69) is 21.4 Å². The molecule has 2 aliphatic rings. The van der Waals surface area contributed by atoms with Gasteiger partial charge in [0.2, 0.25) is 5.95 Å². The van der Waals surface area contributed by atoms with Crippen molar-refractivity contribution in [3.63, 3.8) is 0 Å². The molecule has 1 N–H and O–H groups in total. The molecule has 176 valence electrons. The van der Waals surface area contributed by atoms with Crippen LogP contribution in [0.25, 0.3) is 11.0 Å². The van der Waals surface area contributed by atoms with Gasteiger partial charge in [0.25, 0.3) is 0 Å². The summed E-state index contributed by atoms with van der Waals surface area (Å²) < 4.78 is 29.0. The molecule has 2 atom stereocenters. The topological polar surface area (TPSA) is 130 Å². The first kappa shape index (κ1) is 22.1. The Bertz CT molecular complexity index is 1260. The van der Waals surface area contributed by atoms with Crippen molar-refractivity contribution in [3.8, 4) is 11.8 Å². The summed E-state index contributed by atoms with van der Waals surface area (Å²) in [6.45, 7) is 1.80. The molecule has 2 aliphatic heterocycles. The predicted molar refractivity (Wildman–Crippen MR) is 119 cm³/mol. The Labute approximate surface area is 195 Å². The van der Waals surface area contributed by atoms with E-state index in [1.807, 2.05) is 4.57 Å². The first-order valence-electron chi connectivity index (χ1n) is 10.7. The molecule has 2 fully saturated rings. The second kappa shape index (κ2) is 9.26. The van der Waals surface area contributed by atoms with Crippen LogP contribution in [0.2, 0.25) is 0 Å². The van der Waals surface area contributed by atoms with Crippen LogP contribution in [0.1, 0.15) is 22.1 Å². The number of nitrogens with zero attached hydrogens (tertiary/aromatic N) is 4. The zero-order valence-electron chi connectivity index (χ0n) is 18.7. The molecule has 0 bridgehead atoms. The van der Waals surface area contributed by atoms with E-state index in [0.29, 0.717) is 60.7 Å². The van der Waals surface area contributed by atoms with Gasteiger partial charge in [-0.25, -0.2) is 9.78 Å². The van der Waals surface area contributed by atoms with E-state index in [1.54, 1.807) is 37.6 Å². The lowest BCUT2D eigenvalue weighted by Gasteiger charge is -2.28. The second-order valence-corrected chi connectivity index (χ2v) is 7.97. The average Bonchev–Trinajstić information content (AvgIpc) is 3.44. The molecule has 3 aromatic rings. The number of methoxy groups -OCH3 is 2. The molecule has 0 aliphatic carbocycles. The molecule has 0 unspecified atom stereocenters. The summed E-state index contributed by atoms with van der Waals surface area (Å²) in [6, 6.07) is 8.75. The number of carbonyl (C=O) groups excluding carboxylic acids is 1. The number of nitrogens with one attached hydrogen (secondary N) is 1. The predicted octanol–water partition coefficient (Wildman–Crippen LogP) is 2.20. The lowest BCUT2D eigenvalue weighted by atomic mass is 10.2. The number of benzene rings is 1. The fourth-order valence-corrected chi connectivity index (χ4v) is 4.03. The van der Waals surface area contributed by atoms with Crippen LogP contribution in [0.15, 0.2) is 30.5 Å². The van der Waals surface area contributed by atoms with Crippen molar-refractivity contribution in [2.24, 2.45) is 0 Å². The maximum Gasteiger partial charge on any atom is 0.337 e. The van der Waals surface area contributed by atoms with E-state index in [9.17, 15) is 10.1 Å². The lowest BCUT2D eigenvalue weighted by Crippen LogP contribution is -2.38. The van der Waals surface area contributed by atoms with Crippen molar-refractivity contribution >= 4 is 28.6 Å². The smallest absolute Gasteiger partial charge is 0.337 e. The number of fused-ring (bicyclic) bond motifs is 1. The summed E-state index contributed by atoms with van der Waals surface area (Å²) in [5.74, 6) is 0.300. The van der Waals surface area contributed by atoms with Crippen LogP contribution in [-0.4, -0.2) is 73.4 Å². The van der Waals surface area contributed by atoms with Gasteiger partial charge in [-0.05, 0) is 24.3 Å². The van der Waals surface area contributed by atoms with E-state index < -0.39 is 5.97 Å². The Morgan fingerprint density at radius 1 is 1.21 bits per heavy atom. The second-order valence-electron chi connectivity index (χ2n) is 7.97. The zero-order valence-corrected chi connectivity index (χ0v) is 18.7. The number of ether oxygens (including phenoxy) is 5. The van der Waals surface area contributed by atoms with Crippen LogP contribution < -0.4 is 10.1 Å². The van der Waals surface area contributed by atoms with Gasteiger partial charge in [-0.3, -0.25) is 0 Å². The van der Waals surface area contributed by atoms with E-state index in [4.69, 9.17) is 23.7 Å². The Balaban J connectivity index is 1.51. The first-order chi connectivity index (χ1) is 16.6. The fraction of sp³-hybridized carbons (Fsp3) is 0.391. The molecule has 4 heterocycles. The standard InChI is InChI=1S/C23H23N5O6/c1-30-20-12-33-11-18(20)28-15(7-24)5-14-8-25-23(27-21(14)28)26-17-4-3-13(22(29)31-2)6-19(17)34-16-9-32-10-16/h3-6,8,16,18,20H,9-12H2,1-2H3,(H,25,26,27)/t18-,20-/m0/s1. The highest BCUT2D eigenvalue weighted by Crippen LogP contribution is 2.32. The van der Waals surface area contributed by atoms with Gasteiger partial charge < -0.3 is 33.6 Å². The highest BCUT2D eigenvalue weighted by atomic mass is 16.6. The fourth-order valence-electron chi connectivity index (χ4n) is 4.03. The van der Waals surface area contributed by atoms with Gasteiger partial charge in [0.15, 0.2) is 0 Å². The van der Waals surface area contributed by atoms with E-state index >= 15 is 0 Å². The number of nitriles is 1. The first-order valence-corrected chi connectivity index (χ1v) is 10.7. The van der Waals surface area contributed by atoms with E-state index in [-0.39, 0.29) is 18.2 Å². The molecule has 2 aromatic heterocycles. The molecule has 1 aromatic carbocycles. The molecule has 0 saturated carbocycles. The Morgan fingerprint density at radius 3 is 2.74 bits per heavy atom. The average molecular weight is 465 g/mol. The van der Waals surface area contributed by atoms with Crippen LogP contribution in [0.4, 0.5) is 11.6 Å². The summed E-state index contributed by atoms with van der Waals surface area (Å²) in [6.07, 6.45) is 1.35. The minimum absolute atomic E-state index is 0.111. The van der Waals surface area contributed by atoms with Gasteiger partial charge in [0.05, 0.1) is 50.8 Å². The van der Waals surface area contributed by atoms with E-state index in [1.165, 1.54) is 7.11 Å². The number of rotatable bonds is 7. The monoisotopic (exact) mass is 465 g/mol. The lowest BCUT2D eigenvalue weighted by molar-refractivity contribution is -0.0794. The molecule has 0 spiro atoms. The third kappa shape index (κ3) is 4.03. The van der Waals surface area contributed by atoms with Gasteiger partial charge in [-0.2, -0.15) is 10.2 Å². The molecule has 5 rings (SSSR count). The number of carbonyl (C=O) groups is 1. The molecule has 34 heavy (non-hydrogen) atoms. The van der Waals surface area contributed by atoms with Gasteiger partial charge in [0, 0.05) is 18.7 Å². The van der Waals surface area contributed by atoms with Gasteiger partial charge in [0.1, 0.15) is 35.4 Å². The summed E-state index contributed by atoms with van der Waals surface area (Å²) in [5.41, 5.74) is 1.98. The van der Waals surface area contributed by atoms with Crippen molar-refractivity contribution < 1.29 is 28.5 Å². The third-order valence-electron chi connectivity index (χ3n) is 5.88. The van der Waals surface area contributed by atoms with Gasteiger partial charge in [-0.15, -0.1) is 0 Å². The maximum atomic E-state index is 12.0. The van der Waals surface area contributed by atoms with Crippen LogP contribution in [0.5, 0.6) is 5.75 Å². The highest BCUT2D eigenvalue weighted by Gasteiger charge is 2.33. The van der Waals surface area contributed by atoms with Crippen LogP contribution in [0, 0.1) is 11.3 Å². The summed E-state index contributed by atoms with van der Waals surface area (Å²) in [7, 11) is 2.95. The Hall–Kier alpha value is -3.72. The number of hydrogen-bond acceptors (Lipinski definition) is 10. The molecule has 11 nitrogen and oxygen atoms in total. The molecule has 11 heteroatoms. The Morgan fingerprint density at radius 2 is 2.03 bits per heavy atom. The molecular weight excluding hydrogens is 442 g/mol. The SMILES string of the molecule is COC(=O)c1ccc(Nc2ncc3cc(C#N)n([C@H]4COC[C@@H]4OC)c3n2)c(OC2COC2)c1. The third-order valence-corrected chi connectivity index (χ3v) is 5.88. The Kier molecular flexibility index (Phi) is 6.02. The van der Waals surface area contributed by atoms with Gasteiger partial charge in [-0.1, -0.05) is 0 Å². The molecule has 0 radical (unpaired) electrons. The largest absolute Gasteiger partial charge is 0.483 e. The van der Waals surface area contributed by atoms with Crippen LogP contribution >= 0.6 is 0 Å². The quantitative estimate of drug-likeness (QED) is 0.518.